The molecule has 0 fully saturated rings. The molecule has 0 aliphatic carbocycles. The highest BCUT2D eigenvalue weighted by atomic mass is 127. The molecule has 1 heterocycles. The Hall–Kier alpha value is -1.02. The molecule has 1 unspecified atom stereocenters. The minimum Gasteiger partial charge on any atom is -0.488 e. The predicted octanol–water partition coefficient (Wildman–Crippen LogP) is 2.90. The summed E-state index contributed by atoms with van der Waals surface area (Å²) in [6.07, 6.45) is 3.52. The zero-order valence-corrected chi connectivity index (χ0v) is 18.1. The highest BCUT2D eigenvalue weighted by Crippen LogP contribution is 2.27. The Morgan fingerprint density at radius 2 is 1.96 bits per heavy atom. The molecule has 2 rings (SSSR count). The van der Waals surface area contributed by atoms with E-state index >= 15 is 0 Å². The van der Waals surface area contributed by atoms with Crippen LogP contribution in [0, 0.1) is 0 Å². The Labute approximate surface area is 169 Å². The molecular formula is C19H33IN4O. The molecule has 1 aromatic carbocycles. The number of rotatable bonds is 9. The number of halogens is 1. The van der Waals surface area contributed by atoms with Gasteiger partial charge < -0.3 is 20.3 Å². The standard InChI is InChI=1S/C19H32N4O.HI/c1-4-23(5-2)13-9-8-12-21-19(20-3)22-15-17-14-16-10-6-7-11-18(16)24-17;/h6-7,10-11,17H,4-5,8-9,12-15H2,1-3H3,(H2,20,21,22);1H. The number of nitrogens with one attached hydrogen (secondary N) is 2. The Balaban J connectivity index is 0.00000312. The van der Waals surface area contributed by atoms with Crippen molar-refractivity contribution in [2.45, 2.75) is 39.2 Å². The summed E-state index contributed by atoms with van der Waals surface area (Å²) in [4.78, 5) is 6.75. The van der Waals surface area contributed by atoms with Crippen LogP contribution in [0.1, 0.15) is 32.3 Å². The van der Waals surface area contributed by atoms with E-state index in [1.54, 1.807) is 0 Å². The van der Waals surface area contributed by atoms with E-state index < -0.39 is 0 Å². The smallest absolute Gasteiger partial charge is 0.191 e. The SMILES string of the molecule is CCN(CC)CCCCNC(=NC)NCC1Cc2ccccc2O1.I. The first-order valence-electron chi connectivity index (χ1n) is 9.18. The van der Waals surface area contributed by atoms with Gasteiger partial charge in [0.05, 0.1) is 6.54 Å². The molecule has 0 radical (unpaired) electrons. The molecule has 2 N–H and O–H groups in total. The number of guanidine groups is 1. The normalized spacial score (nSPS) is 16.2. The second kappa shape index (κ2) is 12.4. The number of aliphatic imine (C=N–C) groups is 1. The summed E-state index contributed by atoms with van der Waals surface area (Å²) >= 11 is 0. The number of ether oxygens (including phenoxy) is 1. The van der Waals surface area contributed by atoms with E-state index in [-0.39, 0.29) is 30.1 Å². The van der Waals surface area contributed by atoms with E-state index in [0.29, 0.717) is 0 Å². The third-order valence-corrected chi connectivity index (χ3v) is 4.52. The molecule has 6 heteroatoms. The van der Waals surface area contributed by atoms with Crippen LogP contribution in [0.15, 0.2) is 29.3 Å². The summed E-state index contributed by atoms with van der Waals surface area (Å²) in [5.74, 6) is 1.88. The van der Waals surface area contributed by atoms with E-state index in [1.165, 1.54) is 18.5 Å². The molecule has 0 spiro atoms. The molecular weight excluding hydrogens is 427 g/mol. The van der Waals surface area contributed by atoms with E-state index in [2.05, 4.69) is 46.5 Å². The van der Waals surface area contributed by atoms with Crippen LogP contribution in [0.2, 0.25) is 0 Å². The van der Waals surface area contributed by atoms with E-state index in [1.807, 2.05) is 19.2 Å². The molecule has 0 aromatic heterocycles. The van der Waals surface area contributed by atoms with Crippen LogP contribution >= 0.6 is 24.0 Å². The molecule has 5 nitrogen and oxygen atoms in total. The van der Waals surface area contributed by atoms with Crippen LogP contribution in [0.4, 0.5) is 0 Å². The summed E-state index contributed by atoms with van der Waals surface area (Å²) in [6.45, 7) is 9.61. The number of benzene rings is 1. The van der Waals surface area contributed by atoms with Gasteiger partial charge in [-0.05, 0) is 44.1 Å². The molecule has 0 bridgehead atoms. The van der Waals surface area contributed by atoms with Gasteiger partial charge in [0.15, 0.2) is 5.96 Å². The molecule has 1 aromatic rings. The fourth-order valence-electron chi connectivity index (χ4n) is 3.01. The number of fused-ring (bicyclic) bond motifs is 1. The third kappa shape index (κ3) is 7.40. The zero-order chi connectivity index (χ0) is 17.2. The molecule has 0 saturated heterocycles. The van der Waals surface area contributed by atoms with Gasteiger partial charge in [-0.25, -0.2) is 0 Å². The average Bonchev–Trinajstić information content (AvgIpc) is 3.03. The molecule has 1 aliphatic rings. The Bertz CT molecular complexity index is 495. The van der Waals surface area contributed by atoms with Gasteiger partial charge in [-0.1, -0.05) is 32.0 Å². The molecule has 1 atom stereocenters. The second-order valence-corrected chi connectivity index (χ2v) is 6.17. The lowest BCUT2D eigenvalue weighted by molar-refractivity contribution is 0.235. The molecule has 0 amide bonds. The first-order chi connectivity index (χ1) is 11.8. The summed E-state index contributed by atoms with van der Waals surface area (Å²) in [6, 6.07) is 8.26. The van der Waals surface area contributed by atoms with Crippen molar-refractivity contribution in [1.29, 1.82) is 0 Å². The summed E-state index contributed by atoms with van der Waals surface area (Å²) < 4.78 is 5.95. The quantitative estimate of drug-likeness (QED) is 0.258. The van der Waals surface area contributed by atoms with Gasteiger partial charge in [-0.15, -0.1) is 24.0 Å². The van der Waals surface area contributed by atoms with Crippen LogP contribution in [-0.4, -0.2) is 56.7 Å². The van der Waals surface area contributed by atoms with Crippen molar-refractivity contribution in [2.75, 3.05) is 39.8 Å². The highest BCUT2D eigenvalue weighted by Gasteiger charge is 2.22. The van der Waals surface area contributed by atoms with Crippen LogP contribution in [-0.2, 0) is 6.42 Å². The van der Waals surface area contributed by atoms with Gasteiger partial charge in [-0.2, -0.15) is 0 Å². The van der Waals surface area contributed by atoms with Crippen molar-refractivity contribution in [2.24, 2.45) is 4.99 Å². The second-order valence-electron chi connectivity index (χ2n) is 6.17. The van der Waals surface area contributed by atoms with Gasteiger partial charge in [-0.3, -0.25) is 4.99 Å². The maximum Gasteiger partial charge on any atom is 0.191 e. The monoisotopic (exact) mass is 460 g/mol. The Morgan fingerprint density at radius 3 is 2.64 bits per heavy atom. The minimum atomic E-state index is 0. The van der Waals surface area contributed by atoms with Crippen molar-refractivity contribution in [3.8, 4) is 5.75 Å². The van der Waals surface area contributed by atoms with Crippen molar-refractivity contribution in [3.05, 3.63) is 29.8 Å². The number of hydrogen-bond donors (Lipinski definition) is 2. The third-order valence-electron chi connectivity index (χ3n) is 4.52. The molecule has 25 heavy (non-hydrogen) atoms. The van der Waals surface area contributed by atoms with Crippen LogP contribution in [0.5, 0.6) is 5.75 Å². The number of unbranched alkanes of at least 4 members (excludes halogenated alkanes) is 1. The van der Waals surface area contributed by atoms with Gasteiger partial charge in [0.2, 0.25) is 0 Å². The predicted molar refractivity (Wildman–Crippen MR) is 116 cm³/mol. The lowest BCUT2D eigenvalue weighted by atomic mass is 10.1. The number of nitrogens with zero attached hydrogens (tertiary/aromatic N) is 2. The molecule has 142 valence electrons. The Morgan fingerprint density at radius 1 is 1.20 bits per heavy atom. The van der Waals surface area contributed by atoms with Gasteiger partial charge >= 0.3 is 0 Å². The zero-order valence-electron chi connectivity index (χ0n) is 15.8. The topological polar surface area (TPSA) is 48.9 Å². The largest absolute Gasteiger partial charge is 0.488 e. The van der Waals surface area contributed by atoms with E-state index in [0.717, 1.165) is 50.7 Å². The van der Waals surface area contributed by atoms with Crippen LogP contribution in [0.25, 0.3) is 0 Å². The minimum absolute atomic E-state index is 0. The van der Waals surface area contributed by atoms with Crippen LogP contribution in [0.3, 0.4) is 0 Å². The van der Waals surface area contributed by atoms with Gasteiger partial charge in [0, 0.05) is 20.0 Å². The van der Waals surface area contributed by atoms with E-state index in [4.69, 9.17) is 4.74 Å². The van der Waals surface area contributed by atoms with Crippen molar-refractivity contribution in [3.63, 3.8) is 0 Å². The van der Waals surface area contributed by atoms with E-state index in [9.17, 15) is 0 Å². The fraction of sp³-hybridized carbons (Fsp3) is 0.632. The van der Waals surface area contributed by atoms with Crippen molar-refractivity contribution in [1.82, 2.24) is 15.5 Å². The molecule has 1 aliphatic heterocycles. The summed E-state index contributed by atoms with van der Waals surface area (Å²) in [5, 5.41) is 6.76. The maximum atomic E-state index is 5.95. The summed E-state index contributed by atoms with van der Waals surface area (Å²) in [7, 11) is 1.81. The number of para-hydroxylation sites is 1. The first kappa shape index (κ1) is 22.0. The van der Waals surface area contributed by atoms with Crippen molar-refractivity contribution < 1.29 is 4.74 Å². The maximum absolute atomic E-state index is 5.95. The summed E-state index contributed by atoms with van der Waals surface area (Å²) in [5.41, 5.74) is 1.30. The van der Waals surface area contributed by atoms with Gasteiger partial charge in [0.25, 0.3) is 0 Å². The van der Waals surface area contributed by atoms with Crippen molar-refractivity contribution >= 4 is 29.9 Å². The average molecular weight is 460 g/mol. The van der Waals surface area contributed by atoms with Gasteiger partial charge in [0.1, 0.15) is 11.9 Å². The highest BCUT2D eigenvalue weighted by molar-refractivity contribution is 14.0. The lowest BCUT2D eigenvalue weighted by Gasteiger charge is -2.18. The van der Waals surface area contributed by atoms with Crippen LogP contribution < -0.4 is 15.4 Å². The Kier molecular flexibility index (Phi) is 10.9. The molecule has 0 saturated carbocycles. The fourth-order valence-corrected chi connectivity index (χ4v) is 3.01. The lowest BCUT2D eigenvalue weighted by Crippen LogP contribution is -2.42. The first-order valence-corrected chi connectivity index (χ1v) is 9.18. The number of hydrogen-bond acceptors (Lipinski definition) is 3.